The molecule has 0 radical (unpaired) electrons. The van der Waals surface area contributed by atoms with Crippen LogP contribution in [0.2, 0.25) is 0 Å². The van der Waals surface area contributed by atoms with E-state index in [1.54, 1.807) is 7.11 Å². The largest absolute Gasteiger partial charge is 0.383 e. The first kappa shape index (κ1) is 6.96. The molecular formula is C6H12FNO. The second-order valence-corrected chi connectivity index (χ2v) is 2.39. The summed E-state index contributed by atoms with van der Waals surface area (Å²) >= 11 is 0. The molecule has 1 fully saturated rings. The number of alkyl halides is 1. The third kappa shape index (κ3) is 1.91. The fraction of sp³-hybridized carbons (Fsp3) is 1.00. The molecule has 1 rings (SSSR count). The highest BCUT2D eigenvalue weighted by molar-refractivity contribution is 4.80. The fourth-order valence-corrected chi connectivity index (χ4v) is 1.10. The molecule has 1 heterocycles. The van der Waals surface area contributed by atoms with Gasteiger partial charge in [-0.3, -0.25) is 0 Å². The Balaban J connectivity index is 2.14. The second kappa shape index (κ2) is 3.13. The molecule has 54 valence electrons. The zero-order valence-electron chi connectivity index (χ0n) is 5.56. The summed E-state index contributed by atoms with van der Waals surface area (Å²) < 4.78 is 17.2. The lowest BCUT2D eigenvalue weighted by molar-refractivity contribution is 0.171. The maximum atomic E-state index is 12.4. The highest BCUT2D eigenvalue weighted by Gasteiger charge is 2.22. The Labute approximate surface area is 54.4 Å². The van der Waals surface area contributed by atoms with Gasteiger partial charge in [0, 0.05) is 19.7 Å². The van der Waals surface area contributed by atoms with Crippen molar-refractivity contribution in [3.63, 3.8) is 0 Å². The summed E-state index contributed by atoms with van der Waals surface area (Å²) in [5.74, 6) is 0. The Morgan fingerprint density at radius 1 is 1.78 bits per heavy atom. The van der Waals surface area contributed by atoms with Crippen LogP contribution < -0.4 is 5.32 Å². The minimum Gasteiger partial charge on any atom is -0.383 e. The number of nitrogens with one attached hydrogen (secondary N) is 1. The zero-order chi connectivity index (χ0) is 6.69. The van der Waals surface area contributed by atoms with Crippen LogP contribution >= 0.6 is 0 Å². The van der Waals surface area contributed by atoms with Gasteiger partial charge in [-0.2, -0.15) is 0 Å². The van der Waals surface area contributed by atoms with Crippen molar-refractivity contribution < 1.29 is 9.13 Å². The number of hydrogen-bond donors (Lipinski definition) is 1. The summed E-state index contributed by atoms with van der Waals surface area (Å²) in [7, 11) is 1.63. The molecule has 9 heavy (non-hydrogen) atoms. The van der Waals surface area contributed by atoms with Gasteiger partial charge in [-0.15, -0.1) is 0 Å². The summed E-state index contributed by atoms with van der Waals surface area (Å²) in [5, 5.41) is 3.01. The van der Waals surface area contributed by atoms with E-state index in [0.29, 0.717) is 19.6 Å². The molecular weight excluding hydrogens is 121 g/mol. The van der Waals surface area contributed by atoms with E-state index in [9.17, 15) is 4.39 Å². The van der Waals surface area contributed by atoms with Crippen LogP contribution in [0.5, 0.6) is 0 Å². The van der Waals surface area contributed by atoms with E-state index in [1.165, 1.54) is 0 Å². The van der Waals surface area contributed by atoms with Crippen molar-refractivity contribution in [1.29, 1.82) is 0 Å². The van der Waals surface area contributed by atoms with Crippen LogP contribution in [-0.2, 0) is 4.74 Å². The summed E-state index contributed by atoms with van der Waals surface area (Å²) in [6.45, 7) is 1.12. The van der Waals surface area contributed by atoms with Crippen LogP contribution in [0, 0.1) is 0 Å². The summed E-state index contributed by atoms with van der Waals surface area (Å²) in [5.41, 5.74) is 0. The Morgan fingerprint density at radius 2 is 2.56 bits per heavy atom. The third-order valence-electron chi connectivity index (χ3n) is 1.54. The van der Waals surface area contributed by atoms with Crippen molar-refractivity contribution >= 4 is 0 Å². The standard InChI is InChI=1S/C6H12FNO/c1-9-4-6-2-5(7)3-8-6/h5-6,8H,2-4H2,1H3. The average Bonchev–Trinajstić information content (AvgIpc) is 2.17. The Morgan fingerprint density at radius 3 is 3.00 bits per heavy atom. The van der Waals surface area contributed by atoms with E-state index in [2.05, 4.69) is 5.32 Å². The summed E-state index contributed by atoms with van der Waals surface area (Å²) in [6.07, 6.45) is -0.0569. The van der Waals surface area contributed by atoms with Crippen molar-refractivity contribution in [2.24, 2.45) is 0 Å². The maximum absolute atomic E-state index is 12.4. The molecule has 1 saturated heterocycles. The monoisotopic (exact) mass is 133 g/mol. The average molecular weight is 133 g/mol. The molecule has 2 nitrogen and oxygen atoms in total. The molecule has 2 unspecified atom stereocenters. The molecule has 0 aromatic heterocycles. The van der Waals surface area contributed by atoms with Crippen molar-refractivity contribution in [2.75, 3.05) is 20.3 Å². The topological polar surface area (TPSA) is 21.3 Å². The van der Waals surface area contributed by atoms with E-state index >= 15 is 0 Å². The fourth-order valence-electron chi connectivity index (χ4n) is 1.10. The number of rotatable bonds is 2. The van der Waals surface area contributed by atoms with Crippen LogP contribution in [0.25, 0.3) is 0 Å². The third-order valence-corrected chi connectivity index (χ3v) is 1.54. The van der Waals surface area contributed by atoms with Crippen LogP contribution in [0.4, 0.5) is 4.39 Å². The highest BCUT2D eigenvalue weighted by atomic mass is 19.1. The van der Waals surface area contributed by atoms with Gasteiger partial charge in [-0.1, -0.05) is 0 Å². The Hall–Kier alpha value is -0.150. The van der Waals surface area contributed by atoms with Crippen LogP contribution in [0.15, 0.2) is 0 Å². The van der Waals surface area contributed by atoms with Gasteiger partial charge in [0.2, 0.25) is 0 Å². The minimum atomic E-state index is -0.662. The zero-order valence-corrected chi connectivity index (χ0v) is 5.56. The smallest absolute Gasteiger partial charge is 0.114 e. The first-order valence-electron chi connectivity index (χ1n) is 3.19. The first-order chi connectivity index (χ1) is 4.33. The molecule has 3 heteroatoms. The van der Waals surface area contributed by atoms with Gasteiger partial charge in [0.05, 0.1) is 6.61 Å². The number of methoxy groups -OCH3 is 1. The quantitative estimate of drug-likeness (QED) is 0.586. The summed E-state index contributed by atoms with van der Waals surface area (Å²) in [4.78, 5) is 0. The van der Waals surface area contributed by atoms with Gasteiger partial charge in [0.25, 0.3) is 0 Å². The van der Waals surface area contributed by atoms with Crippen molar-refractivity contribution in [2.45, 2.75) is 18.6 Å². The molecule has 1 N–H and O–H groups in total. The van der Waals surface area contributed by atoms with Crippen molar-refractivity contribution in [3.05, 3.63) is 0 Å². The maximum Gasteiger partial charge on any atom is 0.114 e. The SMILES string of the molecule is COCC1CC(F)CN1. The van der Waals surface area contributed by atoms with E-state index in [-0.39, 0.29) is 6.04 Å². The lowest BCUT2D eigenvalue weighted by Gasteiger charge is -2.05. The molecule has 2 atom stereocenters. The molecule has 0 amide bonds. The Bertz CT molecular complexity index is 87.1. The molecule has 1 aliphatic heterocycles. The number of halogens is 1. The molecule has 0 spiro atoms. The van der Waals surface area contributed by atoms with Gasteiger partial charge in [-0.05, 0) is 6.42 Å². The van der Waals surface area contributed by atoms with Gasteiger partial charge < -0.3 is 10.1 Å². The molecule has 0 aromatic rings. The van der Waals surface area contributed by atoms with Gasteiger partial charge >= 0.3 is 0 Å². The van der Waals surface area contributed by atoms with Gasteiger partial charge in [0.15, 0.2) is 0 Å². The summed E-state index contributed by atoms with van der Waals surface area (Å²) in [6, 6.07) is 0.241. The van der Waals surface area contributed by atoms with Gasteiger partial charge in [0.1, 0.15) is 6.17 Å². The molecule has 0 aromatic carbocycles. The van der Waals surface area contributed by atoms with E-state index < -0.39 is 6.17 Å². The van der Waals surface area contributed by atoms with Crippen LogP contribution in [-0.4, -0.2) is 32.5 Å². The van der Waals surface area contributed by atoms with E-state index in [0.717, 1.165) is 0 Å². The second-order valence-electron chi connectivity index (χ2n) is 2.39. The van der Waals surface area contributed by atoms with Crippen LogP contribution in [0.3, 0.4) is 0 Å². The Kier molecular flexibility index (Phi) is 2.42. The minimum absolute atomic E-state index is 0.241. The van der Waals surface area contributed by atoms with Crippen LogP contribution in [0.1, 0.15) is 6.42 Å². The normalized spacial score (nSPS) is 35.3. The molecule has 0 saturated carbocycles. The first-order valence-corrected chi connectivity index (χ1v) is 3.19. The lowest BCUT2D eigenvalue weighted by Crippen LogP contribution is -2.25. The van der Waals surface area contributed by atoms with Crippen molar-refractivity contribution in [1.82, 2.24) is 5.32 Å². The van der Waals surface area contributed by atoms with E-state index in [4.69, 9.17) is 4.74 Å². The van der Waals surface area contributed by atoms with E-state index in [1.807, 2.05) is 0 Å². The highest BCUT2D eigenvalue weighted by Crippen LogP contribution is 2.09. The molecule has 0 aliphatic carbocycles. The predicted octanol–water partition coefficient (Wildman–Crippen LogP) is 0.333. The predicted molar refractivity (Wildman–Crippen MR) is 33.2 cm³/mol. The number of hydrogen-bond acceptors (Lipinski definition) is 2. The number of ether oxygens (including phenoxy) is 1. The molecule has 1 aliphatic rings. The van der Waals surface area contributed by atoms with Crippen molar-refractivity contribution in [3.8, 4) is 0 Å². The molecule has 0 bridgehead atoms. The lowest BCUT2D eigenvalue weighted by atomic mass is 10.2. The van der Waals surface area contributed by atoms with Gasteiger partial charge in [-0.25, -0.2) is 4.39 Å².